The Bertz CT molecular complexity index is 861. The average molecular weight is 473 g/mol. The van der Waals surface area contributed by atoms with Gasteiger partial charge in [-0.1, -0.05) is 13.8 Å². The van der Waals surface area contributed by atoms with Crippen LogP contribution in [-0.4, -0.2) is 71.6 Å². The Morgan fingerprint density at radius 1 is 1.12 bits per heavy atom. The van der Waals surface area contributed by atoms with Crippen molar-refractivity contribution < 1.29 is 19.7 Å². The lowest BCUT2D eigenvalue weighted by Gasteiger charge is -2.64. The van der Waals surface area contributed by atoms with E-state index in [0.717, 1.165) is 56.8 Å². The van der Waals surface area contributed by atoms with E-state index < -0.39 is 5.60 Å². The number of fused-ring (bicyclic) bond motifs is 5. The summed E-state index contributed by atoms with van der Waals surface area (Å²) in [6.45, 7) is 8.51. The summed E-state index contributed by atoms with van der Waals surface area (Å²) in [5, 5.41) is 25.8. The third-order valence-electron chi connectivity index (χ3n) is 12.0. The lowest BCUT2D eigenvalue weighted by atomic mass is 9.43. The van der Waals surface area contributed by atoms with Crippen molar-refractivity contribution in [3.05, 3.63) is 11.6 Å². The van der Waals surface area contributed by atoms with Crippen LogP contribution < -0.4 is 5.32 Å². The average Bonchev–Trinajstić information content (AvgIpc) is 3.38. The topological polar surface area (TPSA) is 82.0 Å². The van der Waals surface area contributed by atoms with Gasteiger partial charge in [0.05, 0.1) is 12.2 Å². The van der Waals surface area contributed by atoms with Crippen LogP contribution in [0.5, 0.6) is 0 Å². The molecule has 6 aliphatic rings. The van der Waals surface area contributed by atoms with E-state index in [1.54, 1.807) is 6.08 Å². The summed E-state index contributed by atoms with van der Waals surface area (Å²) in [5.74, 6) is 1.75. The molecule has 0 spiro atoms. The van der Waals surface area contributed by atoms with Crippen LogP contribution in [0.1, 0.15) is 71.6 Å². The highest BCUT2D eigenvalue weighted by Gasteiger charge is 2.67. The summed E-state index contributed by atoms with van der Waals surface area (Å²) in [5.41, 5.74) is 0.655. The molecular weight excluding hydrogens is 428 g/mol. The molecule has 1 saturated heterocycles. The van der Waals surface area contributed by atoms with E-state index >= 15 is 0 Å². The largest absolute Gasteiger partial charge is 0.458 e. The summed E-state index contributed by atoms with van der Waals surface area (Å²) in [7, 11) is 0. The predicted molar refractivity (Wildman–Crippen MR) is 130 cm³/mol. The second-order valence-electron chi connectivity index (χ2n) is 13.0. The van der Waals surface area contributed by atoms with Crippen LogP contribution in [0.25, 0.3) is 0 Å². The molecule has 6 nitrogen and oxygen atoms in total. The van der Waals surface area contributed by atoms with Gasteiger partial charge in [-0.25, -0.2) is 4.79 Å². The highest BCUT2D eigenvalue weighted by molar-refractivity contribution is 5.85. The molecule has 0 bridgehead atoms. The van der Waals surface area contributed by atoms with Gasteiger partial charge in [0.15, 0.2) is 0 Å². The van der Waals surface area contributed by atoms with Crippen LogP contribution in [-0.2, 0) is 9.53 Å². The monoisotopic (exact) mass is 472 g/mol. The van der Waals surface area contributed by atoms with Crippen LogP contribution in [0, 0.1) is 34.5 Å². The number of aliphatic hydroxyl groups is 2. The van der Waals surface area contributed by atoms with Crippen molar-refractivity contribution in [2.75, 3.05) is 32.8 Å². The van der Waals surface area contributed by atoms with Crippen LogP contribution in [0.3, 0.4) is 0 Å². The molecule has 0 aromatic rings. The fourth-order valence-corrected chi connectivity index (χ4v) is 10.1. The molecule has 1 unspecified atom stereocenters. The highest BCUT2D eigenvalue weighted by Crippen LogP contribution is 2.70. The number of hydrogen-bond donors (Lipinski definition) is 3. The van der Waals surface area contributed by atoms with E-state index in [4.69, 9.17) is 4.74 Å². The minimum absolute atomic E-state index is 0.149. The van der Waals surface area contributed by atoms with E-state index in [0.29, 0.717) is 29.9 Å². The molecule has 9 atom stereocenters. The molecular formula is C28H44N2O4. The Morgan fingerprint density at radius 3 is 2.74 bits per heavy atom. The van der Waals surface area contributed by atoms with Gasteiger partial charge in [-0.05, 0) is 92.4 Å². The molecule has 0 aromatic heterocycles. The van der Waals surface area contributed by atoms with Gasteiger partial charge in [0.2, 0.25) is 0 Å². The molecule has 3 N–H and O–H groups in total. The van der Waals surface area contributed by atoms with Crippen molar-refractivity contribution in [1.82, 2.24) is 10.2 Å². The second kappa shape index (κ2) is 8.29. The molecule has 0 aromatic carbocycles. The van der Waals surface area contributed by atoms with Crippen molar-refractivity contribution in [2.24, 2.45) is 34.5 Å². The molecule has 190 valence electrons. The lowest BCUT2D eigenvalue weighted by Crippen LogP contribution is -2.64. The maximum absolute atomic E-state index is 12.4. The van der Waals surface area contributed by atoms with Gasteiger partial charge >= 0.3 is 5.97 Å². The van der Waals surface area contributed by atoms with Crippen molar-refractivity contribution in [3.8, 4) is 0 Å². The van der Waals surface area contributed by atoms with Crippen molar-refractivity contribution in [2.45, 2.75) is 89.3 Å². The molecule has 2 heterocycles. The first-order valence-electron chi connectivity index (χ1n) is 14.0. The minimum Gasteiger partial charge on any atom is -0.458 e. The van der Waals surface area contributed by atoms with Crippen molar-refractivity contribution in [1.29, 1.82) is 0 Å². The summed E-state index contributed by atoms with van der Waals surface area (Å²) in [6, 6.07) is 0.847. The Morgan fingerprint density at radius 2 is 1.97 bits per heavy atom. The fourth-order valence-electron chi connectivity index (χ4n) is 10.1. The number of hydrogen-bond acceptors (Lipinski definition) is 6. The quantitative estimate of drug-likeness (QED) is 0.548. The number of aliphatic hydroxyl groups excluding tert-OH is 1. The molecule has 4 aliphatic carbocycles. The first-order chi connectivity index (χ1) is 16.3. The summed E-state index contributed by atoms with van der Waals surface area (Å²) in [4.78, 5) is 14.4. The molecule has 4 saturated carbocycles. The van der Waals surface area contributed by atoms with Crippen LogP contribution >= 0.6 is 0 Å². The molecule has 6 rings (SSSR count). The van der Waals surface area contributed by atoms with E-state index in [2.05, 4.69) is 24.1 Å². The zero-order valence-corrected chi connectivity index (χ0v) is 21.1. The maximum atomic E-state index is 12.4. The van der Waals surface area contributed by atoms with Gasteiger partial charge in [-0.2, -0.15) is 0 Å². The Kier molecular flexibility index (Phi) is 5.72. The summed E-state index contributed by atoms with van der Waals surface area (Å²) >= 11 is 0. The molecule has 2 aliphatic heterocycles. The molecule has 0 radical (unpaired) electrons. The van der Waals surface area contributed by atoms with Gasteiger partial charge in [0.1, 0.15) is 6.61 Å². The summed E-state index contributed by atoms with van der Waals surface area (Å²) in [6.07, 6.45) is 11.9. The van der Waals surface area contributed by atoms with Crippen LogP contribution in [0.4, 0.5) is 0 Å². The van der Waals surface area contributed by atoms with E-state index in [9.17, 15) is 15.0 Å². The predicted octanol–water partition coefficient (Wildman–Crippen LogP) is 2.88. The highest BCUT2D eigenvalue weighted by atomic mass is 16.5. The number of rotatable bonds is 3. The fraction of sp³-hybridized carbons (Fsp3) is 0.893. The number of piperazine rings is 1. The van der Waals surface area contributed by atoms with Crippen LogP contribution in [0.15, 0.2) is 11.6 Å². The molecule has 6 heteroatoms. The smallest absolute Gasteiger partial charge is 0.331 e. The standard InChI is InChI=1S/C28H44N2O4/c1-26-8-5-20(30-12-11-29-15-21(30)16-31)14-19(26)3-4-24-23(26)6-9-27(2)22(7-10-28(24,27)33)18-13-25(32)34-17-18/h13,19-24,29,31,33H,3-12,14-17H2,1-2H3/t19-,20+,21?,22-,23+,24-,26+,27-,28+/m1/s1. The number of nitrogens with zero attached hydrogens (tertiary/aromatic N) is 1. The zero-order valence-electron chi connectivity index (χ0n) is 21.1. The molecule has 34 heavy (non-hydrogen) atoms. The van der Waals surface area contributed by atoms with E-state index in [1.807, 2.05) is 0 Å². The molecule has 5 fully saturated rings. The number of ether oxygens (including phenoxy) is 1. The SMILES string of the molecule is C[C@]12CC[C@H](N3CCNCC3CO)C[C@H]1CC[C@@H]1[C@@H]2CC[C@]2(C)[C@@H](C3=CC(=O)OC3)CC[C@]12O. The Hall–Kier alpha value is -0.950. The van der Waals surface area contributed by atoms with E-state index in [1.165, 1.54) is 32.1 Å². The second-order valence-corrected chi connectivity index (χ2v) is 13.0. The van der Waals surface area contributed by atoms with Gasteiger partial charge in [0, 0.05) is 43.2 Å². The van der Waals surface area contributed by atoms with Gasteiger partial charge in [-0.15, -0.1) is 0 Å². The molecule has 0 amide bonds. The van der Waals surface area contributed by atoms with Crippen molar-refractivity contribution >= 4 is 5.97 Å². The third-order valence-corrected chi connectivity index (χ3v) is 12.0. The first-order valence-corrected chi connectivity index (χ1v) is 14.0. The van der Waals surface area contributed by atoms with Gasteiger partial charge < -0.3 is 20.3 Å². The lowest BCUT2D eigenvalue weighted by molar-refractivity contribution is -0.207. The van der Waals surface area contributed by atoms with Crippen LogP contribution in [0.2, 0.25) is 0 Å². The number of esters is 1. The zero-order chi connectivity index (χ0) is 23.7. The number of cyclic esters (lactones) is 1. The minimum atomic E-state index is -0.627. The number of carbonyl (C=O) groups excluding carboxylic acids is 1. The Balaban J connectivity index is 1.22. The Labute approximate surface area is 204 Å². The maximum Gasteiger partial charge on any atom is 0.331 e. The third kappa shape index (κ3) is 3.24. The number of carbonyl (C=O) groups is 1. The van der Waals surface area contributed by atoms with Gasteiger partial charge in [0.25, 0.3) is 0 Å². The normalized spacial score (nSPS) is 51.3. The summed E-state index contributed by atoms with van der Waals surface area (Å²) < 4.78 is 5.27. The van der Waals surface area contributed by atoms with Crippen molar-refractivity contribution in [3.63, 3.8) is 0 Å². The van der Waals surface area contributed by atoms with Gasteiger partial charge in [-0.3, -0.25) is 4.90 Å². The first kappa shape index (κ1) is 23.4. The van der Waals surface area contributed by atoms with E-state index in [-0.39, 0.29) is 30.0 Å². The number of nitrogens with one attached hydrogen (secondary N) is 1.